The topological polar surface area (TPSA) is 102 Å². The molecule has 1 amide bonds. The maximum Gasteiger partial charge on any atom is 0.274 e. The summed E-state index contributed by atoms with van der Waals surface area (Å²) >= 11 is 0. The molecule has 0 bridgehead atoms. The molecule has 1 aromatic rings. The Morgan fingerprint density at radius 1 is 1.43 bits per heavy atom. The van der Waals surface area contributed by atoms with Crippen molar-refractivity contribution < 1.29 is 14.1 Å². The number of hydrogen-bond acceptors (Lipinski definition) is 5. The molecule has 114 valence electrons. The SMILES string of the molecule is NC(=O)CN1CCC(Nc2cc(F)cc([N+](=O)[O-])c2)CC1. The summed E-state index contributed by atoms with van der Waals surface area (Å²) in [6.07, 6.45) is 1.52. The van der Waals surface area contributed by atoms with E-state index in [0.29, 0.717) is 18.8 Å². The highest BCUT2D eigenvalue weighted by atomic mass is 19.1. The average Bonchev–Trinajstić information content (AvgIpc) is 2.39. The van der Waals surface area contributed by atoms with Gasteiger partial charge in [0, 0.05) is 30.9 Å². The van der Waals surface area contributed by atoms with Crippen LogP contribution in [0.25, 0.3) is 0 Å². The van der Waals surface area contributed by atoms with Crippen LogP contribution in [0.1, 0.15) is 12.8 Å². The summed E-state index contributed by atoms with van der Waals surface area (Å²) in [5, 5.41) is 13.8. The number of hydrogen-bond donors (Lipinski definition) is 2. The highest BCUT2D eigenvalue weighted by Crippen LogP contribution is 2.22. The molecule has 1 aromatic carbocycles. The minimum absolute atomic E-state index is 0.0931. The van der Waals surface area contributed by atoms with Gasteiger partial charge in [-0.1, -0.05) is 0 Å². The number of primary amides is 1. The molecule has 7 nitrogen and oxygen atoms in total. The summed E-state index contributed by atoms with van der Waals surface area (Å²) in [5.74, 6) is -1.000. The third-order valence-electron chi connectivity index (χ3n) is 3.43. The first-order valence-electron chi connectivity index (χ1n) is 6.66. The number of benzene rings is 1. The normalized spacial score (nSPS) is 16.6. The van der Waals surface area contributed by atoms with Crippen molar-refractivity contribution in [2.24, 2.45) is 5.73 Å². The first-order chi connectivity index (χ1) is 9.94. The maximum atomic E-state index is 13.3. The molecular formula is C13H17FN4O3. The van der Waals surface area contributed by atoms with Crippen LogP contribution < -0.4 is 11.1 Å². The van der Waals surface area contributed by atoms with Gasteiger partial charge >= 0.3 is 0 Å². The molecule has 21 heavy (non-hydrogen) atoms. The molecule has 2 rings (SSSR count). The van der Waals surface area contributed by atoms with Gasteiger partial charge in [-0.15, -0.1) is 0 Å². The van der Waals surface area contributed by atoms with E-state index in [1.54, 1.807) is 0 Å². The molecule has 1 saturated heterocycles. The molecule has 0 saturated carbocycles. The van der Waals surface area contributed by atoms with Crippen molar-refractivity contribution >= 4 is 17.3 Å². The lowest BCUT2D eigenvalue weighted by Crippen LogP contribution is -2.42. The van der Waals surface area contributed by atoms with Crippen LogP contribution in [0.5, 0.6) is 0 Å². The predicted octanol–water partition coefficient (Wildman–Crippen LogP) is 1.10. The first-order valence-corrected chi connectivity index (χ1v) is 6.66. The van der Waals surface area contributed by atoms with E-state index < -0.39 is 10.7 Å². The monoisotopic (exact) mass is 296 g/mol. The Kier molecular flexibility index (Phi) is 4.69. The van der Waals surface area contributed by atoms with E-state index in [1.165, 1.54) is 12.1 Å². The maximum absolute atomic E-state index is 13.3. The summed E-state index contributed by atoms with van der Waals surface area (Å²) in [5.41, 5.74) is 5.27. The van der Waals surface area contributed by atoms with E-state index in [-0.39, 0.29) is 24.2 Å². The largest absolute Gasteiger partial charge is 0.382 e. The number of likely N-dealkylation sites (tertiary alicyclic amines) is 1. The number of nitro benzene ring substituents is 1. The van der Waals surface area contributed by atoms with Crippen molar-refractivity contribution in [2.75, 3.05) is 25.0 Å². The third kappa shape index (κ3) is 4.38. The van der Waals surface area contributed by atoms with Crippen LogP contribution in [0.4, 0.5) is 15.8 Å². The number of nitrogens with one attached hydrogen (secondary N) is 1. The number of carbonyl (C=O) groups is 1. The van der Waals surface area contributed by atoms with Crippen molar-refractivity contribution in [3.8, 4) is 0 Å². The number of rotatable bonds is 5. The number of carbonyl (C=O) groups excluding carboxylic acids is 1. The molecule has 0 atom stereocenters. The molecule has 3 N–H and O–H groups in total. The summed E-state index contributed by atoms with van der Waals surface area (Å²) in [6, 6.07) is 3.54. The molecule has 0 spiro atoms. The van der Waals surface area contributed by atoms with Gasteiger partial charge in [-0.3, -0.25) is 19.8 Å². The molecule has 1 aliphatic rings. The van der Waals surface area contributed by atoms with Gasteiger partial charge in [0.1, 0.15) is 5.82 Å². The highest BCUT2D eigenvalue weighted by Gasteiger charge is 2.20. The van der Waals surface area contributed by atoms with Crippen LogP contribution in [-0.4, -0.2) is 41.4 Å². The van der Waals surface area contributed by atoms with E-state index in [0.717, 1.165) is 18.9 Å². The van der Waals surface area contributed by atoms with E-state index in [4.69, 9.17) is 5.73 Å². The molecule has 8 heteroatoms. The van der Waals surface area contributed by atoms with Gasteiger partial charge in [-0.25, -0.2) is 4.39 Å². The fourth-order valence-corrected chi connectivity index (χ4v) is 2.45. The summed E-state index contributed by atoms with van der Waals surface area (Å²) in [6.45, 7) is 1.65. The number of nitrogens with two attached hydrogens (primary N) is 1. The van der Waals surface area contributed by atoms with Crippen LogP contribution in [-0.2, 0) is 4.79 Å². The Morgan fingerprint density at radius 3 is 2.67 bits per heavy atom. The van der Waals surface area contributed by atoms with Gasteiger partial charge in [0.25, 0.3) is 5.69 Å². The van der Waals surface area contributed by atoms with E-state index >= 15 is 0 Å². The zero-order valence-electron chi connectivity index (χ0n) is 11.4. The second kappa shape index (κ2) is 6.49. The van der Waals surface area contributed by atoms with E-state index in [9.17, 15) is 19.3 Å². The van der Waals surface area contributed by atoms with Crippen LogP contribution in [0, 0.1) is 15.9 Å². The first kappa shape index (κ1) is 15.2. The lowest BCUT2D eigenvalue weighted by Gasteiger charge is -2.31. The Hall–Kier alpha value is -2.22. The minimum Gasteiger partial charge on any atom is -0.382 e. The molecule has 0 aromatic heterocycles. The summed E-state index contributed by atoms with van der Waals surface area (Å²) < 4.78 is 13.3. The van der Waals surface area contributed by atoms with Gasteiger partial charge in [0.05, 0.1) is 17.5 Å². The number of amides is 1. The van der Waals surface area contributed by atoms with Crippen LogP contribution in [0.15, 0.2) is 18.2 Å². The Bertz CT molecular complexity index is 544. The summed E-state index contributed by atoms with van der Waals surface area (Å²) in [7, 11) is 0. The van der Waals surface area contributed by atoms with Crippen molar-refractivity contribution in [3.05, 3.63) is 34.1 Å². The van der Waals surface area contributed by atoms with Gasteiger partial charge in [-0.05, 0) is 18.9 Å². The number of halogens is 1. The molecule has 1 fully saturated rings. The smallest absolute Gasteiger partial charge is 0.274 e. The molecule has 1 heterocycles. The predicted molar refractivity (Wildman–Crippen MR) is 75.3 cm³/mol. The number of nitro groups is 1. The third-order valence-corrected chi connectivity index (χ3v) is 3.43. The minimum atomic E-state index is -0.641. The standard InChI is InChI=1S/C13H17FN4O3/c14-9-5-11(7-12(6-9)18(20)21)16-10-1-3-17(4-2-10)8-13(15)19/h5-7,10,16H,1-4,8H2,(H2,15,19). The van der Waals surface area contributed by atoms with Gasteiger partial charge < -0.3 is 11.1 Å². The number of non-ortho nitro benzene ring substituents is 1. The molecule has 0 aliphatic carbocycles. The van der Waals surface area contributed by atoms with Gasteiger partial charge in [0.15, 0.2) is 0 Å². The quantitative estimate of drug-likeness (QED) is 0.625. The Labute approximate surface area is 121 Å². The molecule has 1 aliphatic heterocycles. The van der Waals surface area contributed by atoms with Gasteiger partial charge in [0.2, 0.25) is 5.91 Å². The number of anilines is 1. The van der Waals surface area contributed by atoms with Crippen LogP contribution in [0.2, 0.25) is 0 Å². The van der Waals surface area contributed by atoms with Crippen molar-refractivity contribution in [1.82, 2.24) is 4.90 Å². The Morgan fingerprint density at radius 2 is 2.10 bits per heavy atom. The van der Waals surface area contributed by atoms with E-state index in [2.05, 4.69) is 5.32 Å². The fraction of sp³-hybridized carbons (Fsp3) is 0.462. The second-order valence-corrected chi connectivity index (χ2v) is 5.12. The van der Waals surface area contributed by atoms with Crippen molar-refractivity contribution in [2.45, 2.75) is 18.9 Å². The lowest BCUT2D eigenvalue weighted by atomic mass is 10.0. The zero-order valence-corrected chi connectivity index (χ0v) is 11.4. The molecular weight excluding hydrogens is 279 g/mol. The average molecular weight is 296 g/mol. The highest BCUT2D eigenvalue weighted by molar-refractivity contribution is 5.75. The summed E-state index contributed by atoms with van der Waals surface area (Å²) in [4.78, 5) is 22.9. The van der Waals surface area contributed by atoms with Crippen molar-refractivity contribution in [1.29, 1.82) is 0 Å². The van der Waals surface area contributed by atoms with Crippen LogP contribution in [0.3, 0.4) is 0 Å². The zero-order chi connectivity index (χ0) is 15.4. The molecule has 0 unspecified atom stereocenters. The van der Waals surface area contributed by atoms with Crippen LogP contribution >= 0.6 is 0 Å². The fourth-order valence-electron chi connectivity index (χ4n) is 2.45. The Balaban J connectivity index is 1.94. The second-order valence-electron chi connectivity index (χ2n) is 5.12. The number of piperidine rings is 1. The lowest BCUT2D eigenvalue weighted by molar-refractivity contribution is -0.385. The van der Waals surface area contributed by atoms with E-state index in [1.807, 2.05) is 4.90 Å². The molecule has 0 radical (unpaired) electrons. The number of nitrogens with zero attached hydrogens (tertiary/aromatic N) is 2. The van der Waals surface area contributed by atoms with Crippen molar-refractivity contribution in [3.63, 3.8) is 0 Å². The van der Waals surface area contributed by atoms with Gasteiger partial charge in [-0.2, -0.15) is 0 Å².